The summed E-state index contributed by atoms with van der Waals surface area (Å²) in [5.74, 6) is 1.50. The summed E-state index contributed by atoms with van der Waals surface area (Å²) in [6.45, 7) is 3.67. The van der Waals surface area contributed by atoms with Gasteiger partial charge in [0.15, 0.2) is 15.7 Å². The van der Waals surface area contributed by atoms with Crippen LogP contribution in [0.25, 0.3) is 11.4 Å². The first-order valence-electron chi connectivity index (χ1n) is 8.59. The second-order valence-corrected chi connectivity index (χ2v) is 9.40. The minimum absolute atomic E-state index is 0.0110. The third-order valence-corrected chi connectivity index (χ3v) is 6.67. The van der Waals surface area contributed by atoms with Crippen LogP contribution in [0.4, 0.5) is 4.39 Å². The van der Waals surface area contributed by atoms with Gasteiger partial charge in [0.25, 0.3) is 0 Å². The van der Waals surface area contributed by atoms with Gasteiger partial charge in [0.05, 0.1) is 29.2 Å². The van der Waals surface area contributed by atoms with Gasteiger partial charge in [-0.1, -0.05) is 5.16 Å². The molecule has 1 fully saturated rings. The van der Waals surface area contributed by atoms with Crippen LogP contribution in [0.15, 0.2) is 34.9 Å². The second kappa shape index (κ2) is 6.26. The monoisotopic (exact) mass is 390 g/mol. The van der Waals surface area contributed by atoms with Crippen LogP contribution in [0, 0.1) is 12.7 Å². The molecule has 0 radical (unpaired) electrons. The molecule has 1 atom stereocenters. The van der Waals surface area contributed by atoms with Crippen molar-refractivity contribution in [2.75, 3.05) is 11.5 Å². The van der Waals surface area contributed by atoms with Crippen molar-refractivity contribution in [3.63, 3.8) is 0 Å². The lowest BCUT2D eigenvalue weighted by atomic mass is 10.0. The highest BCUT2D eigenvalue weighted by Crippen LogP contribution is 2.32. The summed E-state index contributed by atoms with van der Waals surface area (Å²) in [7, 11) is -3.12. The maximum atomic E-state index is 13.2. The number of sulfone groups is 1. The molecule has 9 heteroatoms. The van der Waals surface area contributed by atoms with Crippen LogP contribution in [0.3, 0.4) is 0 Å². The van der Waals surface area contributed by atoms with Crippen molar-refractivity contribution in [3.05, 3.63) is 53.4 Å². The van der Waals surface area contributed by atoms with E-state index in [4.69, 9.17) is 4.52 Å². The van der Waals surface area contributed by atoms with Crippen molar-refractivity contribution < 1.29 is 17.3 Å². The molecule has 3 aromatic rings. The number of rotatable bonds is 4. The number of hydrogen-bond acceptors (Lipinski definition) is 6. The van der Waals surface area contributed by atoms with Crippen molar-refractivity contribution >= 4 is 9.84 Å². The molecule has 0 saturated carbocycles. The number of nitrogens with zero attached hydrogens (tertiary/aromatic N) is 4. The lowest BCUT2D eigenvalue weighted by Crippen LogP contribution is -2.34. The standard InChI is InChI=1S/C18H19FN4O3S/c1-12-9-15(22-26-12)10-16-20-17(13-3-5-14(19)6-4-13)21-23(16)18(2)7-8-27(24,25)11-18/h3-6,9H,7-8,10-11H2,1-2H3. The van der Waals surface area contributed by atoms with Gasteiger partial charge in [0, 0.05) is 11.6 Å². The third-order valence-electron chi connectivity index (χ3n) is 4.79. The maximum absolute atomic E-state index is 13.2. The number of aryl methyl sites for hydroxylation is 1. The summed E-state index contributed by atoms with van der Waals surface area (Å²) in [5.41, 5.74) is 0.673. The molecule has 0 aliphatic carbocycles. The Bertz CT molecular complexity index is 1090. The fraction of sp³-hybridized carbons (Fsp3) is 0.389. The predicted octanol–water partition coefficient (Wildman–Crippen LogP) is 2.51. The average molecular weight is 390 g/mol. The smallest absolute Gasteiger partial charge is 0.181 e. The Labute approximate surface area is 156 Å². The molecule has 0 amide bonds. The molecule has 1 unspecified atom stereocenters. The molecule has 1 aromatic carbocycles. The van der Waals surface area contributed by atoms with Gasteiger partial charge < -0.3 is 4.52 Å². The minimum Gasteiger partial charge on any atom is -0.361 e. The average Bonchev–Trinajstić information content (AvgIpc) is 3.27. The fourth-order valence-electron chi connectivity index (χ4n) is 3.44. The SMILES string of the molecule is Cc1cc(Cc2nc(-c3ccc(F)cc3)nn2C2(C)CCS(=O)(=O)C2)no1. The Morgan fingerprint density at radius 2 is 2.04 bits per heavy atom. The van der Waals surface area contributed by atoms with Crippen LogP contribution in [0.1, 0.15) is 30.6 Å². The Morgan fingerprint density at radius 1 is 1.30 bits per heavy atom. The van der Waals surface area contributed by atoms with Crippen LogP contribution < -0.4 is 0 Å². The Morgan fingerprint density at radius 3 is 2.63 bits per heavy atom. The summed E-state index contributed by atoms with van der Waals surface area (Å²) >= 11 is 0. The Kier molecular flexibility index (Phi) is 4.14. The second-order valence-electron chi connectivity index (χ2n) is 7.21. The molecule has 1 aliphatic heterocycles. The maximum Gasteiger partial charge on any atom is 0.181 e. The number of aromatic nitrogens is 4. The molecule has 4 rings (SSSR count). The van der Waals surface area contributed by atoms with Crippen LogP contribution in [0.5, 0.6) is 0 Å². The first kappa shape index (κ1) is 17.8. The summed E-state index contributed by atoms with van der Waals surface area (Å²) < 4.78 is 44.2. The first-order chi connectivity index (χ1) is 12.7. The van der Waals surface area contributed by atoms with E-state index in [1.54, 1.807) is 23.7 Å². The molecule has 142 valence electrons. The third kappa shape index (κ3) is 3.51. The molecule has 27 heavy (non-hydrogen) atoms. The van der Waals surface area contributed by atoms with Gasteiger partial charge in [0.2, 0.25) is 0 Å². The zero-order valence-corrected chi connectivity index (χ0v) is 15.8. The number of halogens is 1. The summed E-state index contributed by atoms with van der Waals surface area (Å²) in [6.07, 6.45) is 0.827. The largest absolute Gasteiger partial charge is 0.361 e. The van der Waals surface area contributed by atoms with Crippen molar-refractivity contribution in [1.82, 2.24) is 19.9 Å². The molecule has 2 aromatic heterocycles. The molecular weight excluding hydrogens is 371 g/mol. The van der Waals surface area contributed by atoms with E-state index in [0.29, 0.717) is 41.5 Å². The molecule has 7 nitrogen and oxygen atoms in total. The van der Waals surface area contributed by atoms with Gasteiger partial charge in [0.1, 0.15) is 17.4 Å². The van der Waals surface area contributed by atoms with Crippen LogP contribution in [-0.2, 0) is 21.8 Å². The lowest BCUT2D eigenvalue weighted by molar-refractivity contribution is 0.317. The van der Waals surface area contributed by atoms with Gasteiger partial charge in [-0.15, -0.1) is 0 Å². The molecule has 1 aliphatic rings. The van der Waals surface area contributed by atoms with Gasteiger partial charge in [-0.3, -0.25) is 0 Å². The van der Waals surface area contributed by atoms with E-state index >= 15 is 0 Å². The molecule has 1 saturated heterocycles. The highest BCUT2D eigenvalue weighted by atomic mass is 32.2. The molecule has 3 heterocycles. The van der Waals surface area contributed by atoms with Crippen molar-refractivity contribution in [2.45, 2.75) is 32.2 Å². The zero-order chi connectivity index (χ0) is 19.2. The summed E-state index contributed by atoms with van der Waals surface area (Å²) in [5, 5.41) is 8.59. The van der Waals surface area contributed by atoms with E-state index in [1.807, 2.05) is 13.0 Å². The van der Waals surface area contributed by atoms with Gasteiger partial charge in [-0.2, -0.15) is 5.10 Å². The predicted molar refractivity (Wildman–Crippen MR) is 96.4 cm³/mol. The van der Waals surface area contributed by atoms with Crippen molar-refractivity contribution in [3.8, 4) is 11.4 Å². The van der Waals surface area contributed by atoms with Gasteiger partial charge in [-0.25, -0.2) is 22.5 Å². The van der Waals surface area contributed by atoms with Crippen LogP contribution >= 0.6 is 0 Å². The topological polar surface area (TPSA) is 90.9 Å². The summed E-state index contributed by atoms with van der Waals surface area (Å²) in [4.78, 5) is 4.61. The van der Waals surface area contributed by atoms with E-state index in [-0.39, 0.29) is 17.3 Å². The normalized spacial score (nSPS) is 21.6. The molecule has 0 spiro atoms. The van der Waals surface area contributed by atoms with E-state index in [2.05, 4.69) is 15.2 Å². The number of hydrogen-bond donors (Lipinski definition) is 0. The van der Waals surface area contributed by atoms with E-state index < -0.39 is 15.4 Å². The molecule has 0 bridgehead atoms. The Hall–Kier alpha value is -2.55. The first-order valence-corrected chi connectivity index (χ1v) is 10.4. The van der Waals surface area contributed by atoms with E-state index in [9.17, 15) is 12.8 Å². The van der Waals surface area contributed by atoms with E-state index in [0.717, 1.165) is 0 Å². The van der Waals surface area contributed by atoms with Crippen LogP contribution in [0.2, 0.25) is 0 Å². The highest BCUT2D eigenvalue weighted by Gasteiger charge is 2.42. The highest BCUT2D eigenvalue weighted by molar-refractivity contribution is 7.91. The van der Waals surface area contributed by atoms with Crippen LogP contribution in [-0.4, -0.2) is 39.8 Å². The van der Waals surface area contributed by atoms with E-state index in [1.165, 1.54) is 12.1 Å². The van der Waals surface area contributed by atoms with Gasteiger partial charge in [-0.05, 0) is 44.5 Å². The van der Waals surface area contributed by atoms with Gasteiger partial charge >= 0.3 is 0 Å². The number of benzene rings is 1. The summed E-state index contributed by atoms with van der Waals surface area (Å²) in [6, 6.07) is 7.71. The Balaban J connectivity index is 1.78. The molecule has 0 N–H and O–H groups in total. The zero-order valence-electron chi connectivity index (χ0n) is 15.0. The molecular formula is C18H19FN4O3S. The minimum atomic E-state index is -3.12. The van der Waals surface area contributed by atoms with Crippen molar-refractivity contribution in [2.24, 2.45) is 0 Å². The quantitative estimate of drug-likeness (QED) is 0.680. The lowest BCUT2D eigenvalue weighted by Gasteiger charge is -2.24. The van der Waals surface area contributed by atoms with Crippen molar-refractivity contribution in [1.29, 1.82) is 0 Å². The fourth-order valence-corrected chi connectivity index (χ4v) is 5.55.